The van der Waals surface area contributed by atoms with E-state index in [1.807, 2.05) is 30.3 Å². The molecule has 1 amide bonds. The Morgan fingerprint density at radius 3 is 2.27 bits per heavy atom. The summed E-state index contributed by atoms with van der Waals surface area (Å²) >= 11 is 0. The van der Waals surface area contributed by atoms with Gasteiger partial charge in [-0.3, -0.25) is 4.79 Å². The quantitative estimate of drug-likeness (QED) is 0.367. The third-order valence-corrected chi connectivity index (χ3v) is 4.84. The van der Waals surface area contributed by atoms with E-state index < -0.39 is 0 Å². The van der Waals surface area contributed by atoms with Gasteiger partial charge in [-0.1, -0.05) is 62.7 Å². The number of amides is 1. The van der Waals surface area contributed by atoms with Crippen LogP contribution in [0.1, 0.15) is 60.8 Å². The number of carbonyl (C=O) groups is 2. The molecule has 1 aromatic heterocycles. The van der Waals surface area contributed by atoms with Crippen molar-refractivity contribution in [3.05, 3.63) is 101 Å². The van der Waals surface area contributed by atoms with Gasteiger partial charge in [-0.25, -0.2) is 9.78 Å². The highest BCUT2D eigenvalue weighted by Gasteiger charge is 2.10. The van der Waals surface area contributed by atoms with Crippen LogP contribution in [0.5, 0.6) is 0 Å². The Kier molecular flexibility index (Phi) is 8.36. The Labute approximate surface area is 197 Å². The molecular weight excluding hydrogens is 414 g/mol. The molecule has 0 aliphatic carbocycles. The van der Waals surface area contributed by atoms with Crippen molar-refractivity contribution in [2.24, 2.45) is 0 Å². The van der Waals surface area contributed by atoms with Crippen LogP contribution in [0.25, 0.3) is 11.0 Å². The van der Waals surface area contributed by atoms with E-state index in [0.29, 0.717) is 24.1 Å². The van der Waals surface area contributed by atoms with Crippen LogP contribution in [-0.4, -0.2) is 29.0 Å². The maximum absolute atomic E-state index is 12.6. The molecule has 1 heterocycles. The highest BCUT2D eigenvalue weighted by Crippen LogP contribution is 2.16. The molecule has 0 aliphatic heterocycles. The molecule has 4 aromatic rings. The Balaban J connectivity index is 0.00000117. The lowest BCUT2D eigenvalue weighted by Crippen LogP contribution is -2.22. The van der Waals surface area contributed by atoms with Gasteiger partial charge in [0.15, 0.2) is 0 Å². The average Bonchev–Trinajstić information content (AvgIpc) is 3.25. The topological polar surface area (TPSA) is 84.1 Å². The first-order valence-electron chi connectivity index (χ1n) is 11.0. The number of nitrogens with zero attached hydrogens (tertiary/aromatic N) is 1. The molecule has 0 spiro atoms. The standard InChI is InChI=1S/C24H21N3O3.C3H8.2H2/c1-30-24(29)18-9-7-17(8-10-18)15-25-23(28)19-11-12-20-21(14-19)27-22(26-20)13-16-5-3-2-4-6-16;1-3-2;;/h2-12,14H,13,15H2,1H3,(H,25,28)(H,26,27);3H2,1-2H3;2*1H. The number of imidazole rings is 1. The molecule has 3 aromatic carbocycles. The number of rotatable bonds is 6. The van der Waals surface area contributed by atoms with Crippen molar-refractivity contribution in [1.29, 1.82) is 0 Å². The van der Waals surface area contributed by atoms with Crippen LogP contribution in [0.15, 0.2) is 72.8 Å². The SMILES string of the molecule is CCC.COC(=O)c1ccc(CNC(=O)c2ccc3nc(Cc4ccccc4)[nH]c3c2)cc1.[HH].[HH]. The molecule has 174 valence electrons. The van der Waals surface area contributed by atoms with Gasteiger partial charge in [-0.2, -0.15) is 0 Å². The molecule has 0 saturated heterocycles. The van der Waals surface area contributed by atoms with E-state index in [2.05, 4.69) is 46.0 Å². The van der Waals surface area contributed by atoms with Crippen LogP contribution in [0, 0.1) is 0 Å². The molecule has 4 rings (SSSR count). The minimum absolute atomic E-state index is 0. The minimum Gasteiger partial charge on any atom is -0.465 e. The first-order valence-corrected chi connectivity index (χ1v) is 11.0. The van der Waals surface area contributed by atoms with E-state index in [4.69, 9.17) is 0 Å². The predicted molar refractivity (Wildman–Crippen MR) is 134 cm³/mol. The maximum atomic E-state index is 12.6. The van der Waals surface area contributed by atoms with E-state index in [9.17, 15) is 9.59 Å². The predicted octanol–water partition coefficient (Wildman–Crippen LogP) is 5.78. The molecule has 0 saturated carbocycles. The van der Waals surface area contributed by atoms with Crippen molar-refractivity contribution in [2.45, 2.75) is 33.2 Å². The van der Waals surface area contributed by atoms with Crippen molar-refractivity contribution >= 4 is 22.9 Å². The highest BCUT2D eigenvalue weighted by atomic mass is 16.5. The summed E-state index contributed by atoms with van der Waals surface area (Å²) in [4.78, 5) is 32.0. The fraction of sp³-hybridized carbons (Fsp3) is 0.222. The van der Waals surface area contributed by atoms with E-state index in [1.165, 1.54) is 19.1 Å². The minimum atomic E-state index is -0.384. The fourth-order valence-electron chi connectivity index (χ4n) is 3.24. The van der Waals surface area contributed by atoms with Crippen molar-refractivity contribution in [3.8, 4) is 0 Å². The monoisotopic (exact) mass is 447 g/mol. The number of aromatic nitrogens is 2. The zero-order valence-corrected chi connectivity index (χ0v) is 19.2. The zero-order valence-electron chi connectivity index (χ0n) is 19.2. The number of ether oxygens (including phenoxy) is 1. The third kappa shape index (κ3) is 6.53. The number of H-pyrrole nitrogens is 1. The van der Waals surface area contributed by atoms with Crippen molar-refractivity contribution in [3.63, 3.8) is 0 Å². The summed E-state index contributed by atoms with van der Waals surface area (Å²) in [5.74, 6) is 0.303. The van der Waals surface area contributed by atoms with Crippen LogP contribution in [0.2, 0.25) is 0 Å². The first kappa shape index (κ1) is 23.7. The lowest BCUT2D eigenvalue weighted by Gasteiger charge is -2.06. The number of esters is 1. The second-order valence-electron chi connectivity index (χ2n) is 7.66. The molecule has 0 unspecified atom stereocenters. The van der Waals surface area contributed by atoms with Crippen LogP contribution in [-0.2, 0) is 17.7 Å². The van der Waals surface area contributed by atoms with Crippen molar-refractivity contribution < 1.29 is 17.2 Å². The smallest absolute Gasteiger partial charge is 0.337 e. The summed E-state index contributed by atoms with van der Waals surface area (Å²) in [7, 11) is 1.34. The van der Waals surface area contributed by atoms with Gasteiger partial charge >= 0.3 is 5.97 Å². The van der Waals surface area contributed by atoms with Crippen molar-refractivity contribution in [1.82, 2.24) is 15.3 Å². The molecule has 0 aliphatic rings. The summed E-state index contributed by atoms with van der Waals surface area (Å²) in [5, 5.41) is 2.90. The molecule has 6 heteroatoms. The molecule has 6 nitrogen and oxygen atoms in total. The summed E-state index contributed by atoms with van der Waals surface area (Å²) in [5.41, 5.74) is 4.76. The van der Waals surface area contributed by atoms with Crippen LogP contribution < -0.4 is 5.32 Å². The average molecular weight is 448 g/mol. The summed E-state index contributed by atoms with van der Waals surface area (Å²) in [6.45, 7) is 4.61. The fourth-order valence-corrected chi connectivity index (χ4v) is 3.24. The number of fused-ring (bicyclic) bond motifs is 1. The third-order valence-electron chi connectivity index (χ3n) is 4.84. The number of methoxy groups -OCH3 is 1. The molecule has 0 radical (unpaired) electrons. The number of carbonyl (C=O) groups excluding carboxylic acids is 2. The Morgan fingerprint density at radius 1 is 0.939 bits per heavy atom. The largest absolute Gasteiger partial charge is 0.465 e. The van der Waals surface area contributed by atoms with E-state index >= 15 is 0 Å². The number of benzene rings is 3. The second kappa shape index (κ2) is 11.6. The van der Waals surface area contributed by atoms with Crippen molar-refractivity contribution in [2.75, 3.05) is 7.11 Å². The van der Waals surface area contributed by atoms with Crippen LogP contribution in [0.3, 0.4) is 0 Å². The number of hydrogen-bond donors (Lipinski definition) is 2. The van der Waals surface area contributed by atoms with E-state index in [0.717, 1.165) is 22.4 Å². The van der Waals surface area contributed by atoms with Gasteiger partial charge in [-0.15, -0.1) is 0 Å². The van der Waals surface area contributed by atoms with Gasteiger partial charge in [0.25, 0.3) is 5.91 Å². The molecule has 33 heavy (non-hydrogen) atoms. The van der Waals surface area contributed by atoms with E-state index in [1.54, 1.807) is 30.3 Å². The zero-order chi connectivity index (χ0) is 23.6. The lowest BCUT2D eigenvalue weighted by atomic mass is 10.1. The van der Waals surface area contributed by atoms with Gasteiger partial charge in [0, 0.05) is 21.4 Å². The number of hydrogen-bond acceptors (Lipinski definition) is 4. The second-order valence-corrected chi connectivity index (χ2v) is 7.66. The maximum Gasteiger partial charge on any atom is 0.337 e. The van der Waals surface area contributed by atoms with E-state index in [-0.39, 0.29) is 14.7 Å². The van der Waals surface area contributed by atoms with Gasteiger partial charge in [0.1, 0.15) is 5.82 Å². The number of aromatic amines is 1. The van der Waals surface area contributed by atoms with Gasteiger partial charge < -0.3 is 15.0 Å². The van der Waals surface area contributed by atoms with Gasteiger partial charge in [0.2, 0.25) is 0 Å². The Hall–Kier alpha value is -3.93. The molecule has 0 bridgehead atoms. The Bertz CT molecular complexity index is 1210. The molecular formula is C27H33N3O3. The van der Waals surface area contributed by atoms with Gasteiger partial charge in [-0.05, 0) is 41.5 Å². The summed E-state index contributed by atoms with van der Waals surface area (Å²) in [6, 6.07) is 22.5. The highest BCUT2D eigenvalue weighted by molar-refractivity contribution is 5.97. The van der Waals surface area contributed by atoms with Gasteiger partial charge in [0.05, 0.1) is 23.7 Å². The Morgan fingerprint density at radius 2 is 1.61 bits per heavy atom. The number of nitrogens with one attached hydrogen (secondary N) is 2. The van der Waals surface area contributed by atoms with Crippen LogP contribution in [0.4, 0.5) is 0 Å². The summed E-state index contributed by atoms with van der Waals surface area (Å²) < 4.78 is 4.69. The summed E-state index contributed by atoms with van der Waals surface area (Å²) in [6.07, 6.45) is 1.96. The molecule has 0 atom stereocenters. The molecule has 2 N–H and O–H groups in total. The first-order chi connectivity index (χ1) is 16.0. The molecule has 0 fully saturated rings. The van der Waals surface area contributed by atoms with Crippen LogP contribution >= 0.6 is 0 Å². The lowest BCUT2D eigenvalue weighted by molar-refractivity contribution is 0.0600. The normalized spacial score (nSPS) is 10.3.